The lowest BCUT2D eigenvalue weighted by atomic mass is 10.2. The molecule has 0 spiro atoms. The van der Waals surface area contributed by atoms with Crippen LogP contribution in [0.1, 0.15) is 19.8 Å². The summed E-state index contributed by atoms with van der Waals surface area (Å²) >= 11 is 0. The summed E-state index contributed by atoms with van der Waals surface area (Å²) < 4.78 is 58.7. The van der Waals surface area contributed by atoms with E-state index in [4.69, 9.17) is 4.42 Å². The molecule has 1 aromatic heterocycles. The predicted octanol–water partition coefficient (Wildman–Crippen LogP) is 4.66. The number of unbranched alkanes of at least 4 members (excludes halogenated alkanes) is 1. The van der Waals surface area contributed by atoms with E-state index in [1.54, 1.807) is 6.07 Å². The van der Waals surface area contributed by atoms with E-state index >= 15 is 0 Å². The van der Waals surface area contributed by atoms with Crippen LogP contribution in [0, 0.1) is 11.6 Å². The number of oxazole rings is 1. The summed E-state index contributed by atoms with van der Waals surface area (Å²) in [7, 11) is -4.08. The molecule has 1 N–H and O–H groups in total. The van der Waals surface area contributed by atoms with Crippen LogP contribution in [0.25, 0.3) is 11.5 Å². The summed E-state index contributed by atoms with van der Waals surface area (Å²) in [5.41, 5.74) is 0.0524. The van der Waals surface area contributed by atoms with E-state index in [0.717, 1.165) is 37.1 Å². The molecule has 142 valence electrons. The molecule has 27 heavy (non-hydrogen) atoms. The summed E-state index contributed by atoms with van der Waals surface area (Å²) in [6.45, 7) is 2.46. The molecule has 0 atom stereocenters. The maximum atomic E-state index is 14.1. The van der Waals surface area contributed by atoms with Crippen LogP contribution in [0.15, 0.2) is 62.9 Å². The Kier molecular flexibility index (Phi) is 5.55. The second kappa shape index (κ2) is 7.87. The van der Waals surface area contributed by atoms with Crippen molar-refractivity contribution < 1.29 is 21.6 Å². The Labute approximate surface area is 156 Å². The van der Waals surface area contributed by atoms with Crippen molar-refractivity contribution in [3.63, 3.8) is 0 Å². The van der Waals surface area contributed by atoms with E-state index in [0.29, 0.717) is 6.54 Å². The van der Waals surface area contributed by atoms with Gasteiger partial charge in [0.15, 0.2) is 0 Å². The van der Waals surface area contributed by atoms with Crippen LogP contribution >= 0.6 is 0 Å². The van der Waals surface area contributed by atoms with Crippen LogP contribution in [0.3, 0.4) is 0 Å². The normalized spacial score (nSPS) is 11.5. The molecule has 2 aromatic carbocycles. The highest BCUT2D eigenvalue weighted by Gasteiger charge is 2.29. The average molecular weight is 392 g/mol. The van der Waals surface area contributed by atoms with Gasteiger partial charge >= 0.3 is 0 Å². The van der Waals surface area contributed by atoms with Crippen LogP contribution in [0.5, 0.6) is 0 Å². The van der Waals surface area contributed by atoms with Gasteiger partial charge in [-0.25, -0.2) is 17.2 Å². The molecule has 0 aliphatic rings. The second-order valence-electron chi connectivity index (χ2n) is 5.87. The van der Waals surface area contributed by atoms with Gasteiger partial charge in [0.2, 0.25) is 26.6 Å². The Morgan fingerprint density at radius 3 is 2.44 bits per heavy atom. The van der Waals surface area contributed by atoms with E-state index in [-0.39, 0.29) is 27.3 Å². The molecule has 3 aromatic rings. The van der Waals surface area contributed by atoms with Crippen molar-refractivity contribution in [2.24, 2.45) is 0 Å². The van der Waals surface area contributed by atoms with Gasteiger partial charge in [0, 0.05) is 6.54 Å². The number of benzene rings is 2. The fourth-order valence-corrected chi connectivity index (χ4v) is 3.73. The highest BCUT2D eigenvalue weighted by molar-refractivity contribution is 7.91. The number of rotatable bonds is 7. The number of aromatic nitrogens is 1. The molecule has 8 heteroatoms. The summed E-state index contributed by atoms with van der Waals surface area (Å²) in [6.07, 6.45) is 1.67. The largest absolute Gasteiger partial charge is 0.419 e. The Bertz CT molecular complexity index is 1030. The van der Waals surface area contributed by atoms with Gasteiger partial charge in [-0.3, -0.25) is 0 Å². The monoisotopic (exact) mass is 392 g/mol. The van der Waals surface area contributed by atoms with E-state index in [1.165, 1.54) is 18.2 Å². The van der Waals surface area contributed by atoms with E-state index in [1.807, 2.05) is 6.92 Å². The van der Waals surface area contributed by atoms with Crippen molar-refractivity contribution in [1.82, 2.24) is 4.98 Å². The second-order valence-corrected chi connectivity index (χ2v) is 7.74. The SMILES string of the molecule is CCCCNc1oc(-c2ccccc2F)nc1S(=O)(=O)c1ccc(F)cc1. The maximum Gasteiger partial charge on any atom is 0.233 e. The standard InChI is InChI=1S/C19H18F2N2O3S/c1-2-3-12-22-18-19(27(24,25)14-10-8-13(20)9-11-14)23-17(26-18)15-6-4-5-7-16(15)21/h4-11,22H,2-3,12H2,1H3. The molecule has 0 bridgehead atoms. The van der Waals surface area contributed by atoms with Gasteiger partial charge in [0.05, 0.1) is 10.5 Å². The smallest absolute Gasteiger partial charge is 0.233 e. The molecule has 0 amide bonds. The molecule has 0 saturated carbocycles. The third kappa shape index (κ3) is 4.00. The van der Waals surface area contributed by atoms with Gasteiger partial charge in [0.1, 0.15) is 11.6 Å². The number of halogens is 2. The van der Waals surface area contributed by atoms with Gasteiger partial charge in [-0.1, -0.05) is 25.5 Å². The molecule has 0 aliphatic carbocycles. The fourth-order valence-electron chi connectivity index (χ4n) is 2.45. The zero-order chi connectivity index (χ0) is 19.4. The number of hydrogen-bond donors (Lipinski definition) is 1. The average Bonchev–Trinajstić information content (AvgIpc) is 3.07. The van der Waals surface area contributed by atoms with Crippen LogP contribution < -0.4 is 5.32 Å². The van der Waals surface area contributed by atoms with Crippen molar-refractivity contribution in [1.29, 1.82) is 0 Å². The fraction of sp³-hybridized carbons (Fsp3) is 0.211. The Morgan fingerprint density at radius 2 is 1.78 bits per heavy atom. The van der Waals surface area contributed by atoms with E-state index in [9.17, 15) is 17.2 Å². The Balaban J connectivity index is 2.09. The predicted molar refractivity (Wildman–Crippen MR) is 97.1 cm³/mol. The molecule has 0 fully saturated rings. The number of sulfone groups is 1. The maximum absolute atomic E-state index is 14.1. The summed E-state index contributed by atoms with van der Waals surface area (Å²) in [5.74, 6) is -1.34. The van der Waals surface area contributed by atoms with Gasteiger partial charge in [-0.15, -0.1) is 0 Å². The summed E-state index contributed by atoms with van der Waals surface area (Å²) in [6, 6.07) is 10.2. The number of anilines is 1. The van der Waals surface area contributed by atoms with Gasteiger partial charge in [-0.2, -0.15) is 4.98 Å². The van der Waals surface area contributed by atoms with E-state index < -0.39 is 21.5 Å². The molecule has 0 radical (unpaired) electrons. The topological polar surface area (TPSA) is 72.2 Å². The van der Waals surface area contributed by atoms with Crippen LogP contribution in [-0.4, -0.2) is 19.9 Å². The van der Waals surface area contributed by atoms with Crippen molar-refractivity contribution in [3.05, 3.63) is 60.2 Å². The molecule has 5 nitrogen and oxygen atoms in total. The zero-order valence-corrected chi connectivity index (χ0v) is 15.4. The highest BCUT2D eigenvalue weighted by Crippen LogP contribution is 2.33. The number of nitrogens with zero attached hydrogens (tertiary/aromatic N) is 1. The molecule has 3 rings (SSSR count). The highest BCUT2D eigenvalue weighted by atomic mass is 32.2. The first-order chi connectivity index (χ1) is 12.9. The first-order valence-corrected chi connectivity index (χ1v) is 9.92. The minimum absolute atomic E-state index is 0.0524. The molecule has 1 heterocycles. The van der Waals surface area contributed by atoms with Gasteiger partial charge < -0.3 is 9.73 Å². The number of hydrogen-bond acceptors (Lipinski definition) is 5. The minimum Gasteiger partial charge on any atom is -0.419 e. The van der Waals surface area contributed by atoms with Crippen molar-refractivity contribution in [3.8, 4) is 11.5 Å². The third-order valence-electron chi connectivity index (χ3n) is 3.89. The minimum atomic E-state index is -4.08. The first kappa shape index (κ1) is 19.0. The van der Waals surface area contributed by atoms with Crippen LogP contribution in [-0.2, 0) is 9.84 Å². The molecule has 0 unspecified atom stereocenters. The Hall–Kier alpha value is -2.74. The summed E-state index contributed by atoms with van der Waals surface area (Å²) in [5, 5.41) is 2.55. The van der Waals surface area contributed by atoms with Crippen molar-refractivity contribution >= 4 is 15.7 Å². The van der Waals surface area contributed by atoms with E-state index in [2.05, 4.69) is 10.3 Å². The summed E-state index contributed by atoms with van der Waals surface area (Å²) in [4.78, 5) is 3.91. The zero-order valence-electron chi connectivity index (χ0n) is 14.6. The lowest BCUT2D eigenvalue weighted by molar-refractivity contribution is 0.566. The van der Waals surface area contributed by atoms with Gasteiger partial charge in [-0.05, 0) is 42.8 Å². The van der Waals surface area contributed by atoms with Crippen molar-refractivity contribution in [2.75, 3.05) is 11.9 Å². The lowest BCUT2D eigenvalue weighted by Gasteiger charge is -2.05. The molecular formula is C19H18F2N2O3S. The quantitative estimate of drug-likeness (QED) is 0.467. The molecular weight excluding hydrogens is 374 g/mol. The molecule has 0 saturated heterocycles. The lowest BCUT2D eigenvalue weighted by Crippen LogP contribution is -2.08. The first-order valence-electron chi connectivity index (χ1n) is 8.43. The number of nitrogens with one attached hydrogen (secondary N) is 1. The van der Waals surface area contributed by atoms with Crippen LogP contribution in [0.4, 0.5) is 14.7 Å². The molecule has 0 aliphatic heterocycles. The Morgan fingerprint density at radius 1 is 1.07 bits per heavy atom. The van der Waals surface area contributed by atoms with Crippen molar-refractivity contribution in [2.45, 2.75) is 29.7 Å². The van der Waals surface area contributed by atoms with Gasteiger partial charge in [0.25, 0.3) is 0 Å². The third-order valence-corrected chi connectivity index (χ3v) is 5.57. The van der Waals surface area contributed by atoms with Crippen LogP contribution in [0.2, 0.25) is 0 Å².